The Labute approximate surface area is 93.4 Å². The van der Waals surface area contributed by atoms with Gasteiger partial charge in [0.05, 0.1) is 6.10 Å². The molecule has 0 saturated carbocycles. The Balaban J connectivity index is 2.45. The van der Waals surface area contributed by atoms with Gasteiger partial charge in [-0.05, 0) is 18.9 Å². The van der Waals surface area contributed by atoms with Crippen LogP contribution in [0.5, 0.6) is 0 Å². The van der Waals surface area contributed by atoms with Gasteiger partial charge in [-0.2, -0.15) is 0 Å². The number of hydrogen-bond donors (Lipinski definition) is 1. The van der Waals surface area contributed by atoms with Crippen LogP contribution < -0.4 is 0 Å². The molecule has 1 heterocycles. The average Bonchev–Trinajstić information content (AvgIpc) is 2.20. The van der Waals surface area contributed by atoms with E-state index in [1.165, 1.54) is 6.42 Å². The van der Waals surface area contributed by atoms with E-state index in [0.717, 1.165) is 19.6 Å². The zero-order valence-electron chi connectivity index (χ0n) is 10.5. The summed E-state index contributed by atoms with van der Waals surface area (Å²) in [5.74, 6) is 0.656. The number of aliphatic hydroxyl groups is 1. The van der Waals surface area contributed by atoms with E-state index in [4.69, 9.17) is 4.74 Å². The van der Waals surface area contributed by atoms with Crippen molar-refractivity contribution < 1.29 is 9.84 Å². The molecule has 1 aliphatic heterocycles. The minimum Gasteiger partial charge on any atom is -0.396 e. The molecule has 0 spiro atoms. The summed E-state index contributed by atoms with van der Waals surface area (Å²) in [5, 5.41) is 9.24. The molecule has 0 bridgehead atoms. The van der Waals surface area contributed by atoms with E-state index < -0.39 is 0 Å². The number of nitrogens with zero attached hydrogens (tertiary/aromatic N) is 1. The highest BCUT2D eigenvalue weighted by Crippen LogP contribution is 2.23. The van der Waals surface area contributed by atoms with Crippen LogP contribution >= 0.6 is 0 Å². The number of methoxy groups -OCH3 is 1. The summed E-state index contributed by atoms with van der Waals surface area (Å²) in [6.07, 6.45) is 1.55. The molecule has 1 N–H and O–H groups in total. The monoisotopic (exact) mass is 215 g/mol. The summed E-state index contributed by atoms with van der Waals surface area (Å²) in [6, 6.07) is 0. The maximum atomic E-state index is 9.24. The van der Waals surface area contributed by atoms with Gasteiger partial charge in [0.15, 0.2) is 0 Å². The lowest BCUT2D eigenvalue weighted by Gasteiger charge is -2.39. The van der Waals surface area contributed by atoms with Crippen LogP contribution in [0.25, 0.3) is 0 Å². The average molecular weight is 215 g/mol. The van der Waals surface area contributed by atoms with Crippen LogP contribution in [0.3, 0.4) is 0 Å². The first kappa shape index (κ1) is 12.9. The minimum absolute atomic E-state index is 0.00112. The van der Waals surface area contributed by atoms with Gasteiger partial charge in [0, 0.05) is 32.2 Å². The van der Waals surface area contributed by atoms with E-state index >= 15 is 0 Å². The van der Waals surface area contributed by atoms with Gasteiger partial charge in [0.25, 0.3) is 0 Å². The Morgan fingerprint density at radius 1 is 1.47 bits per heavy atom. The fourth-order valence-corrected chi connectivity index (χ4v) is 2.20. The molecule has 15 heavy (non-hydrogen) atoms. The third kappa shape index (κ3) is 3.74. The quantitative estimate of drug-likeness (QED) is 0.768. The highest BCUT2D eigenvalue weighted by Gasteiger charge is 2.29. The predicted octanol–water partition coefficient (Wildman–Crippen LogP) is 1.36. The molecule has 3 nitrogen and oxygen atoms in total. The Bertz CT molecular complexity index is 194. The number of piperidine rings is 1. The lowest BCUT2D eigenvalue weighted by atomic mass is 9.90. The number of aliphatic hydroxyl groups excluding tert-OH is 1. The van der Waals surface area contributed by atoms with E-state index in [0.29, 0.717) is 12.0 Å². The molecule has 1 saturated heterocycles. The molecular formula is C12H25NO2. The molecule has 2 unspecified atom stereocenters. The summed E-state index contributed by atoms with van der Waals surface area (Å²) < 4.78 is 5.48. The predicted molar refractivity (Wildman–Crippen MR) is 61.9 cm³/mol. The second-order valence-corrected chi connectivity index (χ2v) is 5.60. The smallest absolute Gasteiger partial charge is 0.0724 e. The molecule has 0 aliphatic carbocycles. The van der Waals surface area contributed by atoms with Gasteiger partial charge < -0.3 is 14.7 Å². The van der Waals surface area contributed by atoms with Gasteiger partial charge in [-0.15, -0.1) is 0 Å². The zero-order valence-corrected chi connectivity index (χ0v) is 10.5. The van der Waals surface area contributed by atoms with Crippen LogP contribution in [-0.2, 0) is 4.74 Å². The summed E-state index contributed by atoms with van der Waals surface area (Å²) >= 11 is 0. The minimum atomic E-state index is -0.00112. The summed E-state index contributed by atoms with van der Waals surface area (Å²) in [7, 11) is 1.79. The van der Waals surface area contributed by atoms with Crippen molar-refractivity contribution in [2.45, 2.75) is 33.3 Å². The van der Waals surface area contributed by atoms with Crippen molar-refractivity contribution >= 4 is 0 Å². The maximum Gasteiger partial charge on any atom is 0.0724 e. The number of likely N-dealkylation sites (tertiary alicyclic amines) is 1. The van der Waals surface area contributed by atoms with E-state index in [1.807, 2.05) is 0 Å². The molecule has 0 aromatic heterocycles. The largest absolute Gasteiger partial charge is 0.396 e. The number of hydrogen-bond acceptors (Lipinski definition) is 3. The van der Waals surface area contributed by atoms with Gasteiger partial charge in [0.2, 0.25) is 0 Å². The normalized spacial score (nSPS) is 29.4. The van der Waals surface area contributed by atoms with E-state index in [9.17, 15) is 5.11 Å². The van der Waals surface area contributed by atoms with Crippen molar-refractivity contribution in [2.75, 3.05) is 33.4 Å². The summed E-state index contributed by atoms with van der Waals surface area (Å²) in [5.41, 5.74) is -0.00112. The van der Waals surface area contributed by atoms with Crippen LogP contribution in [-0.4, -0.2) is 49.5 Å². The Morgan fingerprint density at radius 3 is 2.67 bits per heavy atom. The second-order valence-electron chi connectivity index (χ2n) is 5.60. The highest BCUT2D eigenvalue weighted by atomic mass is 16.5. The van der Waals surface area contributed by atoms with Crippen LogP contribution in [0, 0.1) is 11.3 Å². The molecule has 90 valence electrons. The first-order chi connectivity index (χ1) is 6.98. The van der Waals surface area contributed by atoms with Gasteiger partial charge in [0.1, 0.15) is 0 Å². The number of ether oxygens (including phenoxy) is 1. The molecular weight excluding hydrogens is 190 g/mol. The molecule has 2 atom stereocenters. The highest BCUT2D eigenvalue weighted by molar-refractivity contribution is 4.82. The third-order valence-corrected chi connectivity index (χ3v) is 3.36. The van der Waals surface area contributed by atoms with Gasteiger partial charge >= 0.3 is 0 Å². The molecule has 3 heteroatoms. The maximum absolute atomic E-state index is 9.24. The van der Waals surface area contributed by atoms with Crippen molar-refractivity contribution in [3.63, 3.8) is 0 Å². The molecule has 1 rings (SSSR count). The zero-order chi connectivity index (χ0) is 11.5. The van der Waals surface area contributed by atoms with Crippen molar-refractivity contribution in [3.05, 3.63) is 0 Å². The first-order valence-corrected chi connectivity index (χ1v) is 5.84. The summed E-state index contributed by atoms with van der Waals surface area (Å²) in [6.45, 7) is 9.79. The van der Waals surface area contributed by atoms with Gasteiger partial charge in [-0.1, -0.05) is 20.8 Å². The first-order valence-electron chi connectivity index (χ1n) is 5.84. The van der Waals surface area contributed by atoms with E-state index in [1.54, 1.807) is 7.11 Å². The van der Waals surface area contributed by atoms with Gasteiger partial charge in [-0.25, -0.2) is 0 Å². The molecule has 0 aromatic rings. The van der Waals surface area contributed by atoms with Gasteiger partial charge in [-0.3, -0.25) is 0 Å². The van der Waals surface area contributed by atoms with Crippen molar-refractivity contribution in [2.24, 2.45) is 11.3 Å². The molecule has 0 aromatic carbocycles. The number of rotatable bonds is 4. The van der Waals surface area contributed by atoms with Crippen LogP contribution in [0.2, 0.25) is 0 Å². The molecule has 1 aliphatic rings. The standard InChI is InChI=1S/C12H25NO2/c1-10-5-6-13(7-11(10)15-4)8-12(2,3)9-14/h10-11,14H,5-9H2,1-4H3. The molecule has 0 radical (unpaired) electrons. The summed E-state index contributed by atoms with van der Waals surface area (Å²) in [4.78, 5) is 2.41. The third-order valence-electron chi connectivity index (χ3n) is 3.36. The van der Waals surface area contributed by atoms with E-state index in [-0.39, 0.29) is 12.0 Å². The van der Waals surface area contributed by atoms with Crippen molar-refractivity contribution in [3.8, 4) is 0 Å². The Morgan fingerprint density at radius 2 is 2.13 bits per heavy atom. The van der Waals surface area contributed by atoms with Crippen LogP contribution in [0.4, 0.5) is 0 Å². The lowest BCUT2D eigenvalue weighted by molar-refractivity contribution is -0.0203. The SMILES string of the molecule is COC1CN(CC(C)(C)CO)CCC1C. The molecule has 1 fully saturated rings. The Kier molecular flexibility index (Phi) is 4.56. The lowest BCUT2D eigenvalue weighted by Crippen LogP contribution is -2.47. The van der Waals surface area contributed by atoms with Crippen LogP contribution in [0.1, 0.15) is 27.2 Å². The second kappa shape index (κ2) is 5.28. The van der Waals surface area contributed by atoms with Crippen LogP contribution in [0.15, 0.2) is 0 Å². The van der Waals surface area contributed by atoms with E-state index in [2.05, 4.69) is 25.7 Å². The fraction of sp³-hybridized carbons (Fsp3) is 1.00. The van der Waals surface area contributed by atoms with Crippen molar-refractivity contribution in [1.29, 1.82) is 0 Å². The fourth-order valence-electron chi connectivity index (χ4n) is 2.20. The Hall–Kier alpha value is -0.120. The van der Waals surface area contributed by atoms with Crippen molar-refractivity contribution in [1.82, 2.24) is 4.90 Å². The molecule has 0 amide bonds. The topological polar surface area (TPSA) is 32.7 Å².